The number of rotatable bonds is 4. The van der Waals surface area contributed by atoms with E-state index in [4.69, 9.17) is 11.6 Å². The molecule has 0 saturated heterocycles. The second-order valence-electron chi connectivity index (χ2n) is 5.67. The van der Waals surface area contributed by atoms with Crippen molar-refractivity contribution in [3.05, 3.63) is 41.1 Å². The smallest absolute Gasteiger partial charge is 0.267 e. The average Bonchev–Trinajstić information content (AvgIpc) is 2.49. The molecule has 116 valence electrons. The molecule has 2 unspecified atom stereocenters. The molecule has 5 heteroatoms. The van der Waals surface area contributed by atoms with Gasteiger partial charge < -0.3 is 10.6 Å². The number of nitriles is 1. The normalized spacial score (nSPS) is 21.8. The van der Waals surface area contributed by atoms with Gasteiger partial charge >= 0.3 is 0 Å². The van der Waals surface area contributed by atoms with E-state index in [0.29, 0.717) is 22.7 Å². The van der Waals surface area contributed by atoms with Gasteiger partial charge in [-0.2, -0.15) is 5.26 Å². The van der Waals surface area contributed by atoms with Crippen LogP contribution in [0.2, 0.25) is 5.02 Å². The van der Waals surface area contributed by atoms with E-state index in [-0.39, 0.29) is 5.57 Å². The molecular formula is C17H20ClN3O. The van der Waals surface area contributed by atoms with Gasteiger partial charge in [0.25, 0.3) is 5.91 Å². The Morgan fingerprint density at radius 2 is 2.18 bits per heavy atom. The zero-order valence-corrected chi connectivity index (χ0v) is 13.4. The van der Waals surface area contributed by atoms with Crippen molar-refractivity contribution in [2.24, 2.45) is 5.92 Å². The summed E-state index contributed by atoms with van der Waals surface area (Å²) < 4.78 is 0. The molecule has 2 N–H and O–H groups in total. The minimum atomic E-state index is -0.430. The maximum atomic E-state index is 12.1. The van der Waals surface area contributed by atoms with E-state index in [1.165, 1.54) is 25.5 Å². The van der Waals surface area contributed by atoms with Gasteiger partial charge in [0.1, 0.15) is 11.6 Å². The fraction of sp³-hybridized carbons (Fsp3) is 0.412. The standard InChI is InChI=1S/C17H20ClN3O/c1-12-5-2-3-8-16(12)20-11-13(10-19)17(22)21-15-7-4-6-14(18)9-15/h4,6-7,9,11-12,16,20H,2-3,5,8H2,1H3,(H,21,22)/b13-11-. The summed E-state index contributed by atoms with van der Waals surface area (Å²) in [5.74, 6) is 0.127. The van der Waals surface area contributed by atoms with Crippen molar-refractivity contribution >= 4 is 23.2 Å². The molecule has 2 rings (SSSR count). The first-order valence-electron chi connectivity index (χ1n) is 7.53. The van der Waals surface area contributed by atoms with Crippen molar-refractivity contribution in [3.8, 4) is 6.07 Å². The number of carbonyl (C=O) groups is 1. The van der Waals surface area contributed by atoms with Crippen molar-refractivity contribution in [2.75, 3.05) is 5.32 Å². The van der Waals surface area contributed by atoms with Crippen LogP contribution in [0, 0.1) is 17.2 Å². The van der Waals surface area contributed by atoms with Gasteiger partial charge in [-0.05, 0) is 37.0 Å². The second kappa shape index (κ2) is 7.86. The summed E-state index contributed by atoms with van der Waals surface area (Å²) in [7, 11) is 0. The van der Waals surface area contributed by atoms with Gasteiger partial charge in [0.15, 0.2) is 0 Å². The van der Waals surface area contributed by atoms with Crippen LogP contribution in [0.1, 0.15) is 32.6 Å². The van der Waals surface area contributed by atoms with E-state index in [0.717, 1.165) is 6.42 Å². The van der Waals surface area contributed by atoms with E-state index in [1.807, 2.05) is 6.07 Å². The van der Waals surface area contributed by atoms with Crippen molar-refractivity contribution < 1.29 is 4.79 Å². The van der Waals surface area contributed by atoms with E-state index >= 15 is 0 Å². The average molecular weight is 318 g/mol. The highest BCUT2D eigenvalue weighted by Crippen LogP contribution is 2.23. The molecule has 0 aliphatic heterocycles. The second-order valence-corrected chi connectivity index (χ2v) is 6.11. The zero-order chi connectivity index (χ0) is 15.9. The molecule has 1 aromatic rings. The molecule has 0 heterocycles. The van der Waals surface area contributed by atoms with Gasteiger partial charge in [0, 0.05) is 23.0 Å². The Hall–Kier alpha value is -1.99. The molecule has 4 nitrogen and oxygen atoms in total. The molecule has 1 saturated carbocycles. The van der Waals surface area contributed by atoms with E-state index < -0.39 is 5.91 Å². The quantitative estimate of drug-likeness (QED) is 0.654. The van der Waals surface area contributed by atoms with Crippen LogP contribution < -0.4 is 10.6 Å². The lowest BCUT2D eigenvalue weighted by Crippen LogP contribution is -2.34. The summed E-state index contributed by atoms with van der Waals surface area (Å²) in [5, 5.41) is 15.6. The first kappa shape index (κ1) is 16.4. The van der Waals surface area contributed by atoms with Crippen LogP contribution in [-0.4, -0.2) is 11.9 Å². The highest BCUT2D eigenvalue weighted by Gasteiger charge is 2.20. The highest BCUT2D eigenvalue weighted by atomic mass is 35.5. The number of anilines is 1. The van der Waals surface area contributed by atoms with E-state index in [9.17, 15) is 10.1 Å². The molecule has 1 aliphatic carbocycles. The number of benzene rings is 1. The fourth-order valence-electron chi connectivity index (χ4n) is 2.67. The first-order valence-corrected chi connectivity index (χ1v) is 7.91. The number of amides is 1. The van der Waals surface area contributed by atoms with Gasteiger partial charge in [-0.25, -0.2) is 0 Å². The van der Waals surface area contributed by atoms with Crippen molar-refractivity contribution in [2.45, 2.75) is 38.6 Å². The molecule has 1 fully saturated rings. The molecule has 0 spiro atoms. The Balaban J connectivity index is 1.99. The molecule has 0 aromatic heterocycles. The maximum Gasteiger partial charge on any atom is 0.267 e. The number of carbonyl (C=O) groups excluding carboxylic acids is 1. The van der Waals surface area contributed by atoms with Crippen molar-refractivity contribution in [3.63, 3.8) is 0 Å². The topological polar surface area (TPSA) is 64.9 Å². The third-order valence-corrected chi connectivity index (χ3v) is 4.24. The Kier molecular flexibility index (Phi) is 5.85. The highest BCUT2D eigenvalue weighted by molar-refractivity contribution is 6.31. The summed E-state index contributed by atoms with van der Waals surface area (Å²) in [4.78, 5) is 12.1. The van der Waals surface area contributed by atoms with Crippen molar-refractivity contribution in [1.82, 2.24) is 5.32 Å². The lowest BCUT2D eigenvalue weighted by molar-refractivity contribution is -0.112. The van der Waals surface area contributed by atoms with Crippen LogP contribution in [0.25, 0.3) is 0 Å². The number of hydrogen-bond donors (Lipinski definition) is 2. The molecular weight excluding hydrogens is 298 g/mol. The van der Waals surface area contributed by atoms with Crippen LogP contribution >= 0.6 is 11.6 Å². The minimum Gasteiger partial charge on any atom is -0.387 e. The van der Waals surface area contributed by atoms with Gasteiger partial charge in [-0.3, -0.25) is 4.79 Å². The summed E-state index contributed by atoms with van der Waals surface area (Å²) in [6, 6.07) is 9.12. The largest absolute Gasteiger partial charge is 0.387 e. The number of nitrogens with zero attached hydrogens (tertiary/aromatic N) is 1. The summed E-state index contributed by atoms with van der Waals surface area (Å²) >= 11 is 5.88. The number of halogens is 1. The fourth-order valence-corrected chi connectivity index (χ4v) is 2.86. The van der Waals surface area contributed by atoms with Crippen LogP contribution in [0.4, 0.5) is 5.69 Å². The molecule has 1 aliphatic rings. The minimum absolute atomic E-state index is 0.0674. The third-order valence-electron chi connectivity index (χ3n) is 4.00. The van der Waals surface area contributed by atoms with Crippen LogP contribution in [0.15, 0.2) is 36.0 Å². The predicted octanol–water partition coefficient (Wildman–Crippen LogP) is 3.85. The summed E-state index contributed by atoms with van der Waals surface area (Å²) in [6.07, 6.45) is 6.23. The molecule has 0 bridgehead atoms. The SMILES string of the molecule is CC1CCCCC1N/C=C(/C#N)C(=O)Nc1cccc(Cl)c1. The number of hydrogen-bond acceptors (Lipinski definition) is 3. The monoisotopic (exact) mass is 317 g/mol. The molecule has 1 aromatic carbocycles. The van der Waals surface area contributed by atoms with Gasteiger partial charge in [-0.15, -0.1) is 0 Å². The Morgan fingerprint density at radius 1 is 1.41 bits per heavy atom. The molecule has 2 atom stereocenters. The third kappa shape index (κ3) is 4.51. The molecule has 22 heavy (non-hydrogen) atoms. The predicted molar refractivity (Wildman–Crippen MR) is 88.3 cm³/mol. The van der Waals surface area contributed by atoms with Crippen LogP contribution in [0.5, 0.6) is 0 Å². The zero-order valence-electron chi connectivity index (χ0n) is 12.6. The molecule has 0 radical (unpaired) electrons. The summed E-state index contributed by atoms with van der Waals surface area (Å²) in [5.41, 5.74) is 0.641. The first-order chi connectivity index (χ1) is 10.6. The van der Waals surface area contributed by atoms with Gasteiger partial charge in [-0.1, -0.05) is 37.4 Å². The van der Waals surface area contributed by atoms with E-state index in [2.05, 4.69) is 17.6 Å². The van der Waals surface area contributed by atoms with Crippen LogP contribution in [0.3, 0.4) is 0 Å². The Labute approximate surface area is 136 Å². The van der Waals surface area contributed by atoms with E-state index in [1.54, 1.807) is 24.3 Å². The lowest BCUT2D eigenvalue weighted by atomic mass is 9.86. The van der Waals surface area contributed by atoms with Crippen LogP contribution in [-0.2, 0) is 4.79 Å². The van der Waals surface area contributed by atoms with Gasteiger partial charge in [0.2, 0.25) is 0 Å². The number of nitrogens with one attached hydrogen (secondary N) is 2. The molecule has 1 amide bonds. The van der Waals surface area contributed by atoms with Crippen molar-refractivity contribution in [1.29, 1.82) is 5.26 Å². The lowest BCUT2D eigenvalue weighted by Gasteiger charge is -2.29. The Bertz CT molecular complexity index is 606. The van der Waals surface area contributed by atoms with Gasteiger partial charge in [0.05, 0.1) is 0 Å². The maximum absolute atomic E-state index is 12.1. The Morgan fingerprint density at radius 3 is 2.86 bits per heavy atom. The summed E-state index contributed by atoms with van der Waals surface area (Å²) in [6.45, 7) is 2.20.